The molecule has 1 heterocycles. The predicted molar refractivity (Wildman–Crippen MR) is 109 cm³/mol. The number of benzene rings is 2. The summed E-state index contributed by atoms with van der Waals surface area (Å²) in [6.07, 6.45) is 1.46. The van der Waals surface area contributed by atoms with Gasteiger partial charge in [0.05, 0.1) is 0 Å². The number of sulfonamides is 1. The summed E-state index contributed by atoms with van der Waals surface area (Å²) in [5, 5.41) is 3.77. The average Bonchev–Trinajstić information content (AvgIpc) is 3.20. The molecule has 0 spiro atoms. The molecule has 10 heteroatoms. The van der Waals surface area contributed by atoms with Crippen LogP contribution in [0.3, 0.4) is 0 Å². The molecule has 0 radical (unpaired) electrons. The molecule has 3 rings (SSSR count). The van der Waals surface area contributed by atoms with E-state index in [0.717, 1.165) is 18.6 Å². The van der Waals surface area contributed by atoms with Crippen LogP contribution in [-0.4, -0.2) is 30.6 Å². The van der Waals surface area contributed by atoms with Gasteiger partial charge in [-0.05, 0) is 30.5 Å². The molecule has 1 aromatic heterocycles. The summed E-state index contributed by atoms with van der Waals surface area (Å²) in [4.78, 5) is 16.3. The lowest BCUT2D eigenvalue weighted by Gasteiger charge is -2.18. The summed E-state index contributed by atoms with van der Waals surface area (Å²) < 4.78 is 51.9. The van der Waals surface area contributed by atoms with E-state index < -0.39 is 32.7 Å². The minimum absolute atomic E-state index is 0.0122. The summed E-state index contributed by atoms with van der Waals surface area (Å²) in [5.74, 6) is -1.17. The second-order valence-corrected chi connectivity index (χ2v) is 8.44. The third-order valence-electron chi connectivity index (χ3n) is 4.31. The van der Waals surface area contributed by atoms with Crippen LogP contribution in [0.25, 0.3) is 0 Å². The highest BCUT2D eigenvalue weighted by Crippen LogP contribution is 2.16. The van der Waals surface area contributed by atoms with Crippen LogP contribution >= 0.6 is 0 Å². The van der Waals surface area contributed by atoms with Crippen LogP contribution in [0.4, 0.5) is 4.39 Å². The molecule has 0 bridgehead atoms. The summed E-state index contributed by atoms with van der Waals surface area (Å²) in [5.41, 5.74) is 0.698. The number of hydrogen-bond acceptors (Lipinski definition) is 7. The number of hydrogen-bond donors (Lipinski definition) is 1. The first-order chi connectivity index (χ1) is 14.9. The Morgan fingerprint density at radius 2 is 1.87 bits per heavy atom. The van der Waals surface area contributed by atoms with Gasteiger partial charge in [-0.1, -0.05) is 54.5 Å². The third-order valence-corrected chi connectivity index (χ3v) is 5.82. The number of aryl methyl sites for hydroxylation is 1. The Bertz CT molecular complexity index is 1120. The maximum atomic E-state index is 14.0. The minimum atomic E-state index is -4.32. The van der Waals surface area contributed by atoms with E-state index in [9.17, 15) is 17.6 Å². The first-order valence-corrected chi connectivity index (χ1v) is 11.2. The molecule has 0 fully saturated rings. The molecule has 0 unspecified atom stereocenters. The molecule has 2 aromatic carbocycles. The van der Waals surface area contributed by atoms with Gasteiger partial charge >= 0.3 is 5.97 Å². The number of carbonyl (C=O) groups is 1. The maximum Gasteiger partial charge on any atom is 0.325 e. The molecule has 0 aliphatic carbocycles. The molecule has 1 N–H and O–H groups in total. The average molecular weight is 447 g/mol. The molecule has 0 saturated carbocycles. The van der Waals surface area contributed by atoms with Crippen molar-refractivity contribution in [2.75, 3.05) is 0 Å². The van der Waals surface area contributed by atoms with E-state index in [1.165, 1.54) is 12.1 Å². The Kier molecular flexibility index (Phi) is 7.48. The second-order valence-electron chi connectivity index (χ2n) is 6.76. The van der Waals surface area contributed by atoms with E-state index in [2.05, 4.69) is 14.9 Å². The van der Waals surface area contributed by atoms with Crippen molar-refractivity contribution in [1.82, 2.24) is 14.9 Å². The Balaban J connectivity index is 1.76. The number of nitrogens with one attached hydrogen (secondary N) is 1. The highest BCUT2D eigenvalue weighted by Gasteiger charge is 2.29. The van der Waals surface area contributed by atoms with Crippen molar-refractivity contribution in [2.45, 2.75) is 43.7 Å². The van der Waals surface area contributed by atoms with Crippen LogP contribution in [-0.2, 0) is 39.0 Å². The molecular formula is C21H22FN3O5S. The fraction of sp³-hybridized carbons (Fsp3) is 0.286. The van der Waals surface area contributed by atoms with Gasteiger partial charge in [-0.25, -0.2) is 12.8 Å². The lowest BCUT2D eigenvalue weighted by molar-refractivity contribution is -0.147. The number of halogens is 1. The fourth-order valence-corrected chi connectivity index (χ4v) is 4.11. The number of esters is 1. The Morgan fingerprint density at radius 1 is 1.16 bits per heavy atom. The van der Waals surface area contributed by atoms with Crippen LogP contribution in [0.15, 0.2) is 64.0 Å². The Hall–Kier alpha value is -3.11. The quantitative estimate of drug-likeness (QED) is 0.476. The standard InChI is InChI=1S/C21H22FN3O5S/c1-2-8-19-23-20(30-24-19)14-29-21(26)17(13-15-9-4-3-5-10-15)25-31(27,28)18-12-7-6-11-16(18)22/h3-7,9-12,17,25H,2,8,13-14H2,1H3/t17-/m0/s1. The fourth-order valence-electron chi connectivity index (χ4n) is 2.84. The lowest BCUT2D eigenvalue weighted by Crippen LogP contribution is -2.43. The normalized spacial score (nSPS) is 12.5. The molecule has 0 aliphatic heterocycles. The van der Waals surface area contributed by atoms with Gasteiger partial charge in [0.2, 0.25) is 10.0 Å². The molecule has 0 saturated heterocycles. The number of carbonyl (C=O) groups excluding carboxylic acids is 1. The van der Waals surface area contributed by atoms with Crippen molar-refractivity contribution in [3.63, 3.8) is 0 Å². The van der Waals surface area contributed by atoms with Crippen molar-refractivity contribution in [3.8, 4) is 0 Å². The molecular weight excluding hydrogens is 425 g/mol. The highest BCUT2D eigenvalue weighted by atomic mass is 32.2. The van der Waals surface area contributed by atoms with Gasteiger partial charge in [0.25, 0.3) is 5.89 Å². The maximum absolute atomic E-state index is 14.0. The molecule has 164 valence electrons. The van der Waals surface area contributed by atoms with Crippen LogP contribution in [0.2, 0.25) is 0 Å². The number of nitrogens with zero attached hydrogens (tertiary/aromatic N) is 2. The largest absolute Gasteiger partial charge is 0.454 e. The van der Waals surface area contributed by atoms with E-state index in [4.69, 9.17) is 9.26 Å². The van der Waals surface area contributed by atoms with Crippen molar-refractivity contribution >= 4 is 16.0 Å². The van der Waals surface area contributed by atoms with Gasteiger partial charge in [0.15, 0.2) is 12.4 Å². The van der Waals surface area contributed by atoms with Gasteiger partial charge in [-0.15, -0.1) is 0 Å². The monoisotopic (exact) mass is 447 g/mol. The zero-order valence-corrected chi connectivity index (χ0v) is 17.6. The summed E-state index contributed by atoms with van der Waals surface area (Å²) in [6, 6.07) is 12.4. The van der Waals surface area contributed by atoms with Gasteiger partial charge in [-0.2, -0.15) is 9.71 Å². The van der Waals surface area contributed by atoms with Crippen molar-refractivity contribution in [1.29, 1.82) is 0 Å². The molecule has 0 aliphatic rings. The smallest absolute Gasteiger partial charge is 0.325 e. The van der Waals surface area contributed by atoms with Crippen molar-refractivity contribution < 1.29 is 26.9 Å². The molecule has 8 nitrogen and oxygen atoms in total. The van der Waals surface area contributed by atoms with Crippen LogP contribution < -0.4 is 4.72 Å². The molecule has 1 atom stereocenters. The van der Waals surface area contributed by atoms with Crippen LogP contribution in [0.5, 0.6) is 0 Å². The number of ether oxygens (including phenoxy) is 1. The van der Waals surface area contributed by atoms with E-state index in [1.807, 2.05) is 6.92 Å². The van der Waals surface area contributed by atoms with Gasteiger partial charge in [-0.3, -0.25) is 4.79 Å². The van der Waals surface area contributed by atoms with Gasteiger partial charge in [0.1, 0.15) is 16.8 Å². The first kappa shape index (κ1) is 22.6. The first-order valence-electron chi connectivity index (χ1n) is 9.68. The van der Waals surface area contributed by atoms with E-state index in [1.54, 1.807) is 30.3 Å². The van der Waals surface area contributed by atoms with Crippen LogP contribution in [0, 0.1) is 5.82 Å². The molecule has 0 amide bonds. The van der Waals surface area contributed by atoms with E-state index >= 15 is 0 Å². The second kappa shape index (κ2) is 10.3. The van der Waals surface area contributed by atoms with Crippen molar-refractivity contribution in [3.05, 3.63) is 77.7 Å². The summed E-state index contributed by atoms with van der Waals surface area (Å²) in [6.45, 7) is 1.66. The summed E-state index contributed by atoms with van der Waals surface area (Å²) in [7, 11) is -4.32. The zero-order valence-electron chi connectivity index (χ0n) is 16.8. The third kappa shape index (κ3) is 6.19. The van der Waals surface area contributed by atoms with Crippen molar-refractivity contribution in [2.24, 2.45) is 0 Å². The Morgan fingerprint density at radius 3 is 2.58 bits per heavy atom. The molecule has 3 aromatic rings. The predicted octanol–water partition coefficient (Wildman–Crippen LogP) is 2.79. The number of aromatic nitrogens is 2. The zero-order chi connectivity index (χ0) is 22.3. The summed E-state index contributed by atoms with van der Waals surface area (Å²) >= 11 is 0. The number of rotatable bonds is 10. The Labute approximate surface area is 179 Å². The lowest BCUT2D eigenvalue weighted by atomic mass is 10.1. The van der Waals surface area contributed by atoms with Gasteiger partial charge in [0, 0.05) is 6.42 Å². The van der Waals surface area contributed by atoms with E-state index in [-0.39, 0.29) is 18.9 Å². The topological polar surface area (TPSA) is 111 Å². The highest BCUT2D eigenvalue weighted by molar-refractivity contribution is 7.89. The van der Waals surface area contributed by atoms with Gasteiger partial charge < -0.3 is 9.26 Å². The van der Waals surface area contributed by atoms with E-state index in [0.29, 0.717) is 17.8 Å². The van der Waals surface area contributed by atoms with Crippen LogP contribution in [0.1, 0.15) is 30.6 Å². The molecule has 31 heavy (non-hydrogen) atoms. The minimum Gasteiger partial charge on any atom is -0.454 e. The SMILES string of the molecule is CCCc1noc(COC(=O)[C@H](Cc2ccccc2)NS(=O)(=O)c2ccccc2F)n1.